The average Bonchev–Trinajstić information content (AvgIpc) is 2.88. The summed E-state index contributed by atoms with van der Waals surface area (Å²) in [5, 5.41) is 11.3. The van der Waals surface area contributed by atoms with Gasteiger partial charge in [-0.15, -0.1) is 10.2 Å². The molecule has 0 fully saturated rings. The predicted molar refractivity (Wildman–Crippen MR) is 72.1 cm³/mol. The first-order valence-electron chi connectivity index (χ1n) is 6.46. The predicted octanol–water partition coefficient (Wildman–Crippen LogP) is 2.17. The van der Waals surface area contributed by atoms with Crippen LogP contribution in [0.25, 0.3) is 0 Å². The van der Waals surface area contributed by atoms with Gasteiger partial charge in [0.25, 0.3) is 0 Å². The number of nitrogens with one attached hydrogen (secondary N) is 1. The molecule has 5 heteroatoms. The van der Waals surface area contributed by atoms with E-state index in [1.54, 1.807) is 7.11 Å². The quantitative estimate of drug-likeness (QED) is 0.774. The molecule has 0 aliphatic rings. The van der Waals surface area contributed by atoms with Crippen molar-refractivity contribution >= 4 is 0 Å². The molecule has 0 atom stereocenters. The molecule has 0 aliphatic carbocycles. The van der Waals surface area contributed by atoms with Crippen molar-refractivity contribution in [2.75, 3.05) is 13.7 Å². The van der Waals surface area contributed by atoms with E-state index < -0.39 is 0 Å². The number of hydrogen-bond donors (Lipinski definition) is 1. The highest BCUT2D eigenvalue weighted by molar-refractivity contribution is 5.28. The second-order valence-electron chi connectivity index (χ2n) is 4.29. The zero-order valence-electron chi connectivity index (χ0n) is 11.3. The minimum Gasteiger partial charge on any atom is -0.497 e. The maximum Gasteiger partial charge on any atom is 0.230 e. The summed E-state index contributed by atoms with van der Waals surface area (Å²) in [5.74, 6) is 2.12. The summed E-state index contributed by atoms with van der Waals surface area (Å²) in [6.07, 6.45) is 1.73. The van der Waals surface area contributed by atoms with E-state index in [-0.39, 0.29) is 0 Å². The van der Waals surface area contributed by atoms with E-state index in [1.807, 2.05) is 24.3 Å². The Morgan fingerprint density at radius 1 is 1.16 bits per heavy atom. The van der Waals surface area contributed by atoms with Crippen molar-refractivity contribution in [3.63, 3.8) is 0 Å². The highest BCUT2D eigenvalue weighted by Crippen LogP contribution is 2.14. The minimum absolute atomic E-state index is 0.628. The van der Waals surface area contributed by atoms with E-state index in [4.69, 9.17) is 9.15 Å². The lowest BCUT2D eigenvalue weighted by Crippen LogP contribution is -2.13. The van der Waals surface area contributed by atoms with Gasteiger partial charge in [0.15, 0.2) is 0 Å². The molecule has 0 bridgehead atoms. The largest absolute Gasteiger partial charge is 0.497 e. The number of rotatable bonds is 7. The summed E-state index contributed by atoms with van der Waals surface area (Å²) in [5.41, 5.74) is 1.12. The van der Waals surface area contributed by atoms with Crippen LogP contribution in [-0.4, -0.2) is 23.9 Å². The molecule has 0 radical (unpaired) electrons. The highest BCUT2D eigenvalue weighted by atomic mass is 16.5. The number of ether oxygens (including phenoxy) is 1. The van der Waals surface area contributed by atoms with Crippen molar-refractivity contribution in [3.05, 3.63) is 41.6 Å². The fraction of sp³-hybridized carbons (Fsp3) is 0.429. The molecule has 0 amide bonds. The molecule has 19 heavy (non-hydrogen) atoms. The Labute approximate surface area is 113 Å². The van der Waals surface area contributed by atoms with Crippen LogP contribution < -0.4 is 10.1 Å². The summed E-state index contributed by atoms with van der Waals surface area (Å²) in [7, 11) is 1.66. The van der Waals surface area contributed by atoms with Crippen molar-refractivity contribution in [2.45, 2.75) is 26.3 Å². The first-order valence-corrected chi connectivity index (χ1v) is 6.46. The van der Waals surface area contributed by atoms with Crippen LogP contribution in [0.15, 0.2) is 28.7 Å². The Balaban J connectivity index is 1.91. The van der Waals surface area contributed by atoms with Gasteiger partial charge >= 0.3 is 0 Å². The van der Waals surface area contributed by atoms with Crippen LogP contribution in [-0.2, 0) is 13.0 Å². The van der Waals surface area contributed by atoms with Gasteiger partial charge in [-0.1, -0.05) is 19.1 Å². The topological polar surface area (TPSA) is 60.2 Å². The Hall–Kier alpha value is -1.88. The van der Waals surface area contributed by atoms with Gasteiger partial charge in [0.05, 0.1) is 20.1 Å². The van der Waals surface area contributed by atoms with Crippen LogP contribution in [0.4, 0.5) is 0 Å². The standard InChI is InChI=1S/C14H19N3O2/c1-3-8-15-10-14-17-16-13(19-14)9-11-4-6-12(18-2)7-5-11/h4-7,15H,3,8-10H2,1-2H3. The van der Waals surface area contributed by atoms with Crippen molar-refractivity contribution in [1.82, 2.24) is 15.5 Å². The summed E-state index contributed by atoms with van der Waals surface area (Å²) >= 11 is 0. The molecule has 102 valence electrons. The molecule has 0 saturated heterocycles. The SMILES string of the molecule is CCCNCc1nnc(Cc2ccc(OC)cc2)o1. The van der Waals surface area contributed by atoms with Gasteiger partial charge in [-0.2, -0.15) is 0 Å². The van der Waals surface area contributed by atoms with Crippen LogP contribution in [0.2, 0.25) is 0 Å². The van der Waals surface area contributed by atoms with E-state index in [0.29, 0.717) is 24.7 Å². The normalized spacial score (nSPS) is 10.6. The average molecular weight is 261 g/mol. The molecule has 2 rings (SSSR count). The summed E-state index contributed by atoms with van der Waals surface area (Å²) < 4.78 is 10.7. The van der Waals surface area contributed by atoms with Crippen molar-refractivity contribution in [2.24, 2.45) is 0 Å². The maximum atomic E-state index is 5.57. The second-order valence-corrected chi connectivity index (χ2v) is 4.29. The Kier molecular flexibility index (Phi) is 4.92. The molecular weight excluding hydrogens is 242 g/mol. The monoisotopic (exact) mass is 261 g/mol. The van der Waals surface area contributed by atoms with Gasteiger partial charge in [-0.05, 0) is 30.7 Å². The molecule has 0 spiro atoms. The molecule has 0 aliphatic heterocycles. The van der Waals surface area contributed by atoms with Crippen LogP contribution in [0.1, 0.15) is 30.7 Å². The van der Waals surface area contributed by atoms with E-state index in [1.165, 1.54) is 0 Å². The lowest BCUT2D eigenvalue weighted by molar-refractivity contribution is 0.414. The summed E-state index contributed by atoms with van der Waals surface area (Å²) in [6, 6.07) is 7.85. The van der Waals surface area contributed by atoms with E-state index in [9.17, 15) is 0 Å². The van der Waals surface area contributed by atoms with E-state index in [0.717, 1.165) is 24.3 Å². The van der Waals surface area contributed by atoms with Crippen LogP contribution in [0, 0.1) is 0 Å². The third kappa shape index (κ3) is 4.06. The van der Waals surface area contributed by atoms with Crippen molar-refractivity contribution in [1.29, 1.82) is 0 Å². The van der Waals surface area contributed by atoms with Crippen molar-refractivity contribution < 1.29 is 9.15 Å². The van der Waals surface area contributed by atoms with Gasteiger partial charge in [-0.3, -0.25) is 0 Å². The second kappa shape index (κ2) is 6.89. The smallest absolute Gasteiger partial charge is 0.230 e. The Morgan fingerprint density at radius 3 is 2.58 bits per heavy atom. The minimum atomic E-state index is 0.628. The lowest BCUT2D eigenvalue weighted by atomic mass is 10.1. The molecule has 0 saturated carbocycles. The number of nitrogens with zero attached hydrogens (tertiary/aromatic N) is 2. The lowest BCUT2D eigenvalue weighted by Gasteiger charge is -2.00. The van der Waals surface area contributed by atoms with Crippen LogP contribution in [0.5, 0.6) is 5.75 Å². The van der Waals surface area contributed by atoms with Gasteiger partial charge < -0.3 is 14.5 Å². The number of aromatic nitrogens is 2. The molecule has 0 unspecified atom stereocenters. The molecule has 1 aromatic carbocycles. The van der Waals surface area contributed by atoms with Crippen molar-refractivity contribution in [3.8, 4) is 5.75 Å². The summed E-state index contributed by atoms with van der Waals surface area (Å²) in [6.45, 7) is 3.70. The third-order valence-corrected chi connectivity index (χ3v) is 2.73. The maximum absolute atomic E-state index is 5.57. The first kappa shape index (κ1) is 13.5. The molecule has 5 nitrogen and oxygen atoms in total. The molecule has 1 N–H and O–H groups in total. The fourth-order valence-corrected chi connectivity index (χ4v) is 1.72. The van der Waals surface area contributed by atoms with Crippen LogP contribution >= 0.6 is 0 Å². The van der Waals surface area contributed by atoms with Gasteiger partial charge in [0, 0.05) is 0 Å². The fourth-order valence-electron chi connectivity index (χ4n) is 1.72. The molecular formula is C14H19N3O2. The Bertz CT molecular complexity index is 494. The first-order chi connectivity index (χ1) is 9.31. The van der Waals surface area contributed by atoms with Crippen LogP contribution in [0.3, 0.4) is 0 Å². The third-order valence-electron chi connectivity index (χ3n) is 2.73. The van der Waals surface area contributed by atoms with Gasteiger partial charge in [0.1, 0.15) is 5.75 Å². The van der Waals surface area contributed by atoms with E-state index >= 15 is 0 Å². The molecule has 1 aromatic heterocycles. The number of methoxy groups -OCH3 is 1. The zero-order valence-corrected chi connectivity index (χ0v) is 11.3. The van der Waals surface area contributed by atoms with E-state index in [2.05, 4.69) is 22.4 Å². The molecule has 1 heterocycles. The van der Waals surface area contributed by atoms with Gasteiger partial charge in [-0.25, -0.2) is 0 Å². The number of hydrogen-bond acceptors (Lipinski definition) is 5. The van der Waals surface area contributed by atoms with Gasteiger partial charge in [0.2, 0.25) is 11.8 Å². The highest BCUT2D eigenvalue weighted by Gasteiger charge is 2.06. The number of benzene rings is 1. The summed E-state index contributed by atoms with van der Waals surface area (Å²) in [4.78, 5) is 0. The molecule has 2 aromatic rings. The zero-order chi connectivity index (χ0) is 13.5. The Morgan fingerprint density at radius 2 is 1.89 bits per heavy atom.